The van der Waals surface area contributed by atoms with Gasteiger partial charge in [-0.1, -0.05) is 0 Å². The Morgan fingerprint density at radius 1 is 1.24 bits per heavy atom. The molecule has 0 saturated carbocycles. The molecule has 2 aliphatic heterocycles. The molecule has 4 N–H and O–H groups in total. The number of aromatic nitrogens is 4. The molecule has 108 valence electrons. The molecule has 0 unspecified atom stereocenters. The zero-order chi connectivity index (χ0) is 13.9. The molecule has 2 aliphatic rings. The van der Waals surface area contributed by atoms with Gasteiger partial charge < -0.3 is 25.0 Å². The third-order valence-electron chi connectivity index (χ3n) is 2.09. The average Bonchev–Trinajstić information content (AvgIpc) is 2.80. The molecule has 0 saturated heterocycles. The van der Waals surface area contributed by atoms with E-state index >= 15 is 0 Å². The molecule has 0 amide bonds. The van der Waals surface area contributed by atoms with Crippen LogP contribution in [0.25, 0.3) is 11.5 Å². The van der Waals surface area contributed by atoms with Crippen LogP contribution in [-0.4, -0.2) is 102 Å². The zero-order valence-corrected chi connectivity index (χ0v) is 10.6. The topological polar surface area (TPSA) is 146 Å². The fraction of sp³-hybridized carbons (Fsp3) is 0.375. The first-order chi connectivity index (χ1) is 8.97. The van der Waals surface area contributed by atoms with Gasteiger partial charge in [0.05, 0.1) is 0 Å². The van der Waals surface area contributed by atoms with E-state index in [1.165, 1.54) is 12.7 Å². The summed E-state index contributed by atoms with van der Waals surface area (Å²) in [5.74, 6) is 0.768. The SMILES string of the molecule is Nc1ncn(COCOCP(=O)(O)O)c2ncnc1-2.[NaH].[NaH]. The van der Waals surface area contributed by atoms with E-state index < -0.39 is 13.9 Å². The molecule has 0 aliphatic carbocycles. The average molecular weight is 337 g/mol. The van der Waals surface area contributed by atoms with Gasteiger partial charge in [0.25, 0.3) is 0 Å². The van der Waals surface area contributed by atoms with Gasteiger partial charge in [0.2, 0.25) is 0 Å². The van der Waals surface area contributed by atoms with Crippen LogP contribution in [0.4, 0.5) is 5.82 Å². The van der Waals surface area contributed by atoms with Gasteiger partial charge in [-0.3, -0.25) is 9.13 Å². The van der Waals surface area contributed by atoms with Gasteiger partial charge in [0.15, 0.2) is 18.0 Å². The molecule has 2 rings (SSSR count). The predicted octanol–water partition coefficient (Wildman–Crippen LogP) is -1.85. The Kier molecular flexibility index (Phi) is 9.73. The van der Waals surface area contributed by atoms with Crippen LogP contribution in [0.15, 0.2) is 12.7 Å². The van der Waals surface area contributed by atoms with Crippen LogP contribution in [-0.2, 0) is 20.8 Å². The predicted molar refractivity (Wildman–Crippen MR) is 77.1 cm³/mol. The summed E-state index contributed by atoms with van der Waals surface area (Å²) in [6, 6.07) is 0. The summed E-state index contributed by atoms with van der Waals surface area (Å²) in [4.78, 5) is 29.0. The van der Waals surface area contributed by atoms with E-state index in [0.717, 1.165) is 0 Å². The maximum atomic E-state index is 10.5. The summed E-state index contributed by atoms with van der Waals surface area (Å²) in [6.45, 7) is -0.220. The summed E-state index contributed by atoms with van der Waals surface area (Å²) in [6.07, 6.45) is 2.09. The number of nitrogens with zero attached hydrogens (tertiary/aromatic N) is 4. The molecule has 0 radical (unpaired) electrons. The second-order valence-corrected chi connectivity index (χ2v) is 5.18. The van der Waals surface area contributed by atoms with Crippen molar-refractivity contribution < 1.29 is 23.8 Å². The Bertz CT molecular complexity index is 578. The quantitative estimate of drug-likeness (QED) is 0.239. The van der Waals surface area contributed by atoms with Crippen molar-refractivity contribution in [1.82, 2.24) is 19.5 Å². The summed E-state index contributed by atoms with van der Waals surface area (Å²) in [7, 11) is -4.17. The van der Waals surface area contributed by atoms with Gasteiger partial charge in [-0.05, 0) is 0 Å². The van der Waals surface area contributed by atoms with Gasteiger partial charge in [-0.2, -0.15) is 0 Å². The molecule has 0 aromatic heterocycles. The van der Waals surface area contributed by atoms with E-state index in [1.54, 1.807) is 4.57 Å². The minimum absolute atomic E-state index is 0. The van der Waals surface area contributed by atoms with E-state index in [4.69, 9.17) is 20.3 Å². The standard InChI is InChI=1S/C8H12N5O5P.2Na.2H/c9-7-6-8(11-1-10-6)13(2-12-7)3-17-4-18-5-19(14,15)16;;;;/h1-2H,3-5,9H2,(H2,14,15,16);;;;. The summed E-state index contributed by atoms with van der Waals surface area (Å²) in [5.41, 5.74) is 6.08. The number of fused-ring (bicyclic) bond motifs is 1. The summed E-state index contributed by atoms with van der Waals surface area (Å²) in [5, 5.41) is 0. The van der Waals surface area contributed by atoms with Crippen LogP contribution in [0.3, 0.4) is 0 Å². The molecule has 2 heterocycles. The van der Waals surface area contributed by atoms with Crippen molar-refractivity contribution >= 4 is 72.5 Å². The Morgan fingerprint density at radius 2 is 1.95 bits per heavy atom. The number of rotatable bonds is 6. The summed E-state index contributed by atoms with van der Waals surface area (Å²) < 4.78 is 21.8. The Labute approximate surface area is 164 Å². The van der Waals surface area contributed by atoms with Gasteiger partial charge in [0.1, 0.15) is 31.9 Å². The van der Waals surface area contributed by atoms with Crippen molar-refractivity contribution in [2.24, 2.45) is 0 Å². The normalized spacial score (nSPS) is 11.0. The van der Waals surface area contributed by atoms with Crippen LogP contribution >= 0.6 is 7.60 Å². The van der Waals surface area contributed by atoms with Crippen molar-refractivity contribution in [1.29, 1.82) is 0 Å². The van der Waals surface area contributed by atoms with Crippen LogP contribution in [0.5, 0.6) is 0 Å². The molecule has 0 bridgehead atoms. The molecule has 13 heteroatoms. The van der Waals surface area contributed by atoms with Crippen LogP contribution in [0, 0.1) is 0 Å². The van der Waals surface area contributed by atoms with E-state index in [1.807, 2.05) is 0 Å². The van der Waals surface area contributed by atoms with Crippen LogP contribution < -0.4 is 5.73 Å². The molecule has 0 fully saturated rings. The number of nitrogen functional groups attached to an aromatic ring is 1. The van der Waals surface area contributed by atoms with Gasteiger partial charge in [-0.15, -0.1) is 0 Å². The Morgan fingerprint density at radius 3 is 2.62 bits per heavy atom. The number of hydrogen-bond acceptors (Lipinski definition) is 7. The third kappa shape index (κ3) is 6.59. The van der Waals surface area contributed by atoms with Crippen molar-refractivity contribution in [3.8, 4) is 11.5 Å². The number of ether oxygens (including phenoxy) is 2. The molecule has 10 nitrogen and oxygen atoms in total. The van der Waals surface area contributed by atoms with Gasteiger partial charge in [0, 0.05) is 0 Å². The second kappa shape index (κ2) is 9.53. The molecule has 0 aromatic carbocycles. The van der Waals surface area contributed by atoms with Crippen LogP contribution in [0.1, 0.15) is 0 Å². The van der Waals surface area contributed by atoms with Crippen molar-refractivity contribution in [3.05, 3.63) is 12.7 Å². The molecule has 0 atom stereocenters. The summed E-state index contributed by atoms with van der Waals surface area (Å²) >= 11 is 0. The first-order valence-electron chi connectivity index (χ1n) is 5.09. The third-order valence-corrected chi connectivity index (χ3v) is 2.60. The van der Waals surface area contributed by atoms with Crippen molar-refractivity contribution in [2.45, 2.75) is 6.73 Å². The van der Waals surface area contributed by atoms with E-state index in [0.29, 0.717) is 11.5 Å². The second-order valence-electron chi connectivity index (χ2n) is 3.59. The van der Waals surface area contributed by atoms with E-state index in [-0.39, 0.29) is 78.5 Å². The molecular formula is C8H14N5Na2O5P. The zero-order valence-electron chi connectivity index (χ0n) is 9.71. The van der Waals surface area contributed by atoms with Gasteiger partial charge >= 0.3 is 66.7 Å². The Balaban J connectivity index is 0.00000200. The molecule has 21 heavy (non-hydrogen) atoms. The van der Waals surface area contributed by atoms with Crippen LogP contribution in [0.2, 0.25) is 0 Å². The molecule has 0 spiro atoms. The molecular weight excluding hydrogens is 323 g/mol. The minimum atomic E-state index is -4.17. The fourth-order valence-corrected chi connectivity index (χ4v) is 1.66. The fourth-order valence-electron chi connectivity index (χ4n) is 1.34. The molecule has 0 aromatic rings. The van der Waals surface area contributed by atoms with Gasteiger partial charge in [-0.25, -0.2) is 15.0 Å². The number of nitrogens with two attached hydrogens (primary N) is 1. The van der Waals surface area contributed by atoms with Crippen molar-refractivity contribution in [2.75, 3.05) is 18.9 Å². The number of hydrogen-bond donors (Lipinski definition) is 3. The van der Waals surface area contributed by atoms with Crippen molar-refractivity contribution in [3.63, 3.8) is 0 Å². The maximum absolute atomic E-state index is 10.5. The first-order valence-corrected chi connectivity index (χ1v) is 6.88. The monoisotopic (exact) mass is 337 g/mol. The first kappa shape index (κ1) is 21.4. The Hall–Kier alpha value is 0.420. The number of imidazole rings is 1. The van der Waals surface area contributed by atoms with E-state index in [2.05, 4.69) is 19.7 Å². The number of anilines is 1. The van der Waals surface area contributed by atoms with E-state index in [9.17, 15) is 4.57 Å².